The lowest BCUT2D eigenvalue weighted by Gasteiger charge is -2.13. The van der Waals surface area contributed by atoms with E-state index < -0.39 is 0 Å². The molecular weight excluding hydrogens is 316 g/mol. The van der Waals surface area contributed by atoms with Crippen molar-refractivity contribution in [3.8, 4) is 17.2 Å². The molecule has 0 saturated heterocycles. The number of carbonyl (C=O) groups excluding carboxylic acids is 1. The van der Waals surface area contributed by atoms with Crippen molar-refractivity contribution in [2.45, 2.75) is 6.92 Å². The number of benzene rings is 1. The summed E-state index contributed by atoms with van der Waals surface area (Å²) >= 11 is 1.56. The second kappa shape index (κ2) is 7.64. The van der Waals surface area contributed by atoms with Gasteiger partial charge in [-0.25, -0.2) is 5.43 Å². The summed E-state index contributed by atoms with van der Waals surface area (Å²) in [5.74, 6) is 0.893. The Morgan fingerprint density at radius 1 is 1.17 bits per heavy atom. The Labute approximate surface area is 138 Å². The van der Waals surface area contributed by atoms with Gasteiger partial charge in [-0.15, -0.1) is 11.3 Å². The van der Waals surface area contributed by atoms with Crippen LogP contribution in [0.3, 0.4) is 0 Å². The van der Waals surface area contributed by atoms with E-state index in [-0.39, 0.29) is 5.91 Å². The van der Waals surface area contributed by atoms with Crippen LogP contribution in [0.2, 0.25) is 0 Å². The average molecular weight is 334 g/mol. The Hall–Kier alpha value is -2.54. The van der Waals surface area contributed by atoms with Crippen molar-refractivity contribution >= 4 is 23.5 Å². The fraction of sp³-hybridized carbons (Fsp3) is 0.250. The number of ether oxygens (including phenoxy) is 3. The highest BCUT2D eigenvalue weighted by atomic mass is 32.1. The number of hydrazone groups is 1. The number of nitrogens with one attached hydrogen (secondary N) is 1. The zero-order valence-electron chi connectivity index (χ0n) is 13.4. The van der Waals surface area contributed by atoms with E-state index in [0.29, 0.717) is 22.8 Å². The minimum Gasteiger partial charge on any atom is -0.493 e. The Kier molecular flexibility index (Phi) is 5.59. The van der Waals surface area contributed by atoms with Crippen molar-refractivity contribution in [2.75, 3.05) is 21.3 Å². The van der Waals surface area contributed by atoms with E-state index in [4.69, 9.17) is 14.2 Å². The fourth-order valence-electron chi connectivity index (χ4n) is 1.94. The van der Waals surface area contributed by atoms with Crippen LogP contribution in [0.15, 0.2) is 28.7 Å². The van der Waals surface area contributed by atoms with Gasteiger partial charge in [0, 0.05) is 10.4 Å². The summed E-state index contributed by atoms with van der Waals surface area (Å²) < 4.78 is 15.7. The van der Waals surface area contributed by atoms with Gasteiger partial charge in [0.2, 0.25) is 5.75 Å². The largest absolute Gasteiger partial charge is 0.493 e. The highest BCUT2D eigenvalue weighted by Crippen LogP contribution is 2.38. The molecular formula is C16H18N2O4S. The molecule has 1 amide bonds. The molecule has 1 heterocycles. The van der Waals surface area contributed by atoms with Crippen LogP contribution in [0.4, 0.5) is 0 Å². The van der Waals surface area contributed by atoms with Gasteiger partial charge in [0.25, 0.3) is 5.91 Å². The lowest BCUT2D eigenvalue weighted by atomic mass is 10.1. The molecule has 0 fully saturated rings. The van der Waals surface area contributed by atoms with E-state index in [2.05, 4.69) is 10.5 Å². The molecule has 1 N–H and O–H groups in total. The zero-order chi connectivity index (χ0) is 16.8. The maximum absolute atomic E-state index is 12.2. The third-order valence-corrected chi connectivity index (χ3v) is 4.13. The second-order valence-corrected chi connectivity index (χ2v) is 5.53. The first-order chi connectivity index (χ1) is 11.1. The van der Waals surface area contributed by atoms with E-state index in [0.717, 1.165) is 10.4 Å². The Balaban J connectivity index is 2.19. The van der Waals surface area contributed by atoms with Gasteiger partial charge >= 0.3 is 0 Å². The maximum atomic E-state index is 12.2. The maximum Gasteiger partial charge on any atom is 0.271 e. The van der Waals surface area contributed by atoms with Crippen LogP contribution < -0.4 is 19.6 Å². The van der Waals surface area contributed by atoms with Crippen molar-refractivity contribution in [3.05, 3.63) is 39.6 Å². The minimum atomic E-state index is -0.366. The third kappa shape index (κ3) is 3.81. The molecule has 0 radical (unpaired) electrons. The normalized spacial score (nSPS) is 10.6. The second-order valence-electron chi connectivity index (χ2n) is 4.58. The number of aryl methyl sites for hydroxylation is 1. The summed E-state index contributed by atoms with van der Waals surface area (Å²) in [5, 5.41) is 5.95. The summed E-state index contributed by atoms with van der Waals surface area (Å²) in [6.45, 7) is 1.98. The molecule has 0 saturated carbocycles. The number of hydrogen-bond acceptors (Lipinski definition) is 6. The van der Waals surface area contributed by atoms with E-state index >= 15 is 0 Å². The fourth-order valence-corrected chi connectivity index (χ4v) is 2.73. The summed E-state index contributed by atoms with van der Waals surface area (Å²) in [7, 11) is 4.50. The summed E-state index contributed by atoms with van der Waals surface area (Å²) in [6.07, 6.45) is 1.62. The number of hydrogen-bond donors (Lipinski definition) is 1. The van der Waals surface area contributed by atoms with Gasteiger partial charge < -0.3 is 14.2 Å². The standard InChI is InChI=1S/C16H18N2O4S/c1-10-5-6-23-14(10)9-17-18-16(19)11-7-12(20-2)15(22-4)13(8-11)21-3/h5-9H,1-4H3,(H,18,19). The highest BCUT2D eigenvalue weighted by Gasteiger charge is 2.16. The van der Waals surface area contributed by atoms with Crippen molar-refractivity contribution in [1.82, 2.24) is 5.43 Å². The van der Waals surface area contributed by atoms with Gasteiger partial charge in [0.05, 0.1) is 27.5 Å². The summed E-state index contributed by atoms with van der Waals surface area (Å²) in [6, 6.07) is 5.14. The molecule has 0 unspecified atom stereocenters. The Bertz CT molecular complexity index is 700. The number of methoxy groups -OCH3 is 3. The molecule has 6 nitrogen and oxygen atoms in total. The molecule has 0 spiro atoms. The van der Waals surface area contributed by atoms with Crippen molar-refractivity contribution in [3.63, 3.8) is 0 Å². The van der Waals surface area contributed by atoms with Gasteiger partial charge in [-0.1, -0.05) is 0 Å². The number of amides is 1. The topological polar surface area (TPSA) is 69.2 Å². The average Bonchev–Trinajstić information content (AvgIpc) is 2.98. The van der Waals surface area contributed by atoms with Gasteiger partial charge in [-0.2, -0.15) is 5.10 Å². The molecule has 0 aliphatic heterocycles. The van der Waals surface area contributed by atoms with Gasteiger partial charge in [0.1, 0.15) is 0 Å². The molecule has 2 rings (SSSR count). The quantitative estimate of drug-likeness (QED) is 0.651. The van der Waals surface area contributed by atoms with Crippen molar-refractivity contribution in [1.29, 1.82) is 0 Å². The van der Waals surface area contributed by atoms with E-state index in [9.17, 15) is 4.79 Å². The van der Waals surface area contributed by atoms with Crippen LogP contribution in [-0.2, 0) is 0 Å². The summed E-state index contributed by atoms with van der Waals surface area (Å²) in [5.41, 5.74) is 3.96. The molecule has 0 bridgehead atoms. The van der Waals surface area contributed by atoms with Crippen LogP contribution in [0.5, 0.6) is 17.2 Å². The molecule has 0 aliphatic rings. The van der Waals surface area contributed by atoms with Crippen LogP contribution in [0.1, 0.15) is 20.8 Å². The van der Waals surface area contributed by atoms with Crippen LogP contribution >= 0.6 is 11.3 Å². The molecule has 2 aromatic rings. The van der Waals surface area contributed by atoms with Crippen LogP contribution in [0, 0.1) is 6.92 Å². The first kappa shape index (κ1) is 16.8. The molecule has 122 valence electrons. The third-order valence-electron chi connectivity index (χ3n) is 3.18. The Morgan fingerprint density at radius 3 is 2.30 bits per heavy atom. The van der Waals surface area contributed by atoms with Gasteiger partial charge in [-0.05, 0) is 36.1 Å². The molecule has 7 heteroatoms. The molecule has 1 aromatic carbocycles. The predicted molar refractivity (Wildman–Crippen MR) is 90.2 cm³/mol. The van der Waals surface area contributed by atoms with Gasteiger partial charge in [-0.3, -0.25) is 4.79 Å². The molecule has 0 aliphatic carbocycles. The lowest BCUT2D eigenvalue weighted by molar-refractivity contribution is 0.0954. The predicted octanol–water partition coefficient (Wildman–Crippen LogP) is 2.85. The number of nitrogens with zero attached hydrogens (tertiary/aromatic N) is 1. The first-order valence-corrected chi connectivity index (χ1v) is 7.66. The number of rotatable bonds is 6. The Morgan fingerprint density at radius 2 is 1.83 bits per heavy atom. The minimum absolute atomic E-state index is 0.361. The van der Waals surface area contributed by atoms with E-state index in [1.54, 1.807) is 29.7 Å². The monoisotopic (exact) mass is 334 g/mol. The van der Waals surface area contributed by atoms with Gasteiger partial charge in [0.15, 0.2) is 11.5 Å². The van der Waals surface area contributed by atoms with Crippen molar-refractivity contribution < 1.29 is 19.0 Å². The zero-order valence-corrected chi connectivity index (χ0v) is 14.2. The lowest BCUT2D eigenvalue weighted by Crippen LogP contribution is -2.18. The van der Waals surface area contributed by atoms with Crippen LogP contribution in [-0.4, -0.2) is 33.5 Å². The van der Waals surface area contributed by atoms with Crippen molar-refractivity contribution in [2.24, 2.45) is 5.10 Å². The number of carbonyl (C=O) groups is 1. The number of thiophene rings is 1. The first-order valence-electron chi connectivity index (χ1n) is 6.78. The summed E-state index contributed by atoms with van der Waals surface area (Å²) in [4.78, 5) is 13.2. The van der Waals surface area contributed by atoms with Crippen LogP contribution in [0.25, 0.3) is 0 Å². The smallest absolute Gasteiger partial charge is 0.271 e. The molecule has 23 heavy (non-hydrogen) atoms. The highest BCUT2D eigenvalue weighted by molar-refractivity contribution is 7.11. The molecule has 0 atom stereocenters. The SMILES string of the molecule is COc1cc(C(=O)NN=Cc2sccc2C)cc(OC)c1OC. The van der Waals surface area contributed by atoms with E-state index in [1.807, 2.05) is 18.4 Å². The molecule has 1 aromatic heterocycles. The van der Waals surface area contributed by atoms with E-state index in [1.165, 1.54) is 21.3 Å².